The van der Waals surface area contributed by atoms with E-state index in [1.54, 1.807) is 4.90 Å². The molecule has 1 saturated heterocycles. The van der Waals surface area contributed by atoms with Crippen LogP contribution in [0.5, 0.6) is 0 Å². The van der Waals surface area contributed by atoms with E-state index in [2.05, 4.69) is 5.32 Å². The lowest BCUT2D eigenvalue weighted by atomic mass is 9.88. The molecule has 2 atom stereocenters. The molecule has 0 aromatic carbocycles. The molecule has 2 nitrogen and oxygen atoms in total. The summed E-state index contributed by atoms with van der Waals surface area (Å²) in [6.07, 6.45) is 0.443. The Bertz CT molecular complexity index is 323. The van der Waals surface area contributed by atoms with Crippen molar-refractivity contribution in [3.63, 3.8) is 0 Å². The maximum Gasteiger partial charge on any atom is 0.401 e. The summed E-state index contributed by atoms with van der Waals surface area (Å²) < 4.78 is 38.2. The van der Waals surface area contributed by atoms with Crippen LogP contribution in [0.15, 0.2) is 0 Å². The van der Waals surface area contributed by atoms with Gasteiger partial charge in [0.15, 0.2) is 0 Å². The Morgan fingerprint density at radius 2 is 1.89 bits per heavy atom. The van der Waals surface area contributed by atoms with Gasteiger partial charge < -0.3 is 5.32 Å². The number of nitrogens with zero attached hydrogens (tertiary/aromatic N) is 1. The van der Waals surface area contributed by atoms with Crippen molar-refractivity contribution in [3.8, 4) is 0 Å². The Labute approximate surface area is 106 Å². The highest BCUT2D eigenvalue weighted by atomic mass is 19.4. The largest absolute Gasteiger partial charge is 0.401 e. The number of rotatable bonds is 3. The lowest BCUT2D eigenvalue weighted by molar-refractivity contribution is -0.165. The standard InChI is InChI=1S/C13H21F3N2/c1-12(10-4-5-10)7-17-11(9-2-3-9)6-18(12)8-13(14,15)16/h9-11,17H,2-8H2,1H3. The minimum atomic E-state index is -4.08. The number of nitrogens with one attached hydrogen (secondary N) is 1. The summed E-state index contributed by atoms with van der Waals surface area (Å²) in [5.41, 5.74) is -0.291. The molecule has 0 amide bonds. The van der Waals surface area contributed by atoms with Crippen molar-refractivity contribution >= 4 is 0 Å². The first-order valence-electron chi connectivity index (χ1n) is 6.94. The fraction of sp³-hybridized carbons (Fsp3) is 1.00. The average molecular weight is 262 g/mol. The second-order valence-electron chi connectivity index (χ2n) is 6.45. The molecule has 3 rings (SSSR count). The van der Waals surface area contributed by atoms with E-state index >= 15 is 0 Å². The Balaban J connectivity index is 1.72. The smallest absolute Gasteiger partial charge is 0.311 e. The Kier molecular flexibility index (Phi) is 2.90. The molecular formula is C13H21F3N2. The third-order valence-corrected chi connectivity index (χ3v) is 4.88. The third kappa shape index (κ3) is 2.52. The fourth-order valence-electron chi connectivity index (χ4n) is 3.34. The SMILES string of the molecule is CC1(C2CC2)CNC(C2CC2)CN1CC(F)(F)F. The summed E-state index contributed by atoms with van der Waals surface area (Å²) in [5, 5.41) is 3.50. The molecule has 1 heterocycles. The summed E-state index contributed by atoms with van der Waals surface area (Å²) in [5.74, 6) is 1.07. The summed E-state index contributed by atoms with van der Waals surface area (Å²) in [7, 11) is 0. The minimum Gasteiger partial charge on any atom is -0.311 e. The molecule has 2 aliphatic carbocycles. The van der Waals surface area contributed by atoms with Gasteiger partial charge in [0.1, 0.15) is 0 Å². The predicted octanol–water partition coefficient (Wildman–Crippen LogP) is 2.40. The van der Waals surface area contributed by atoms with Crippen LogP contribution < -0.4 is 5.32 Å². The number of piperazine rings is 1. The molecule has 0 radical (unpaired) electrons. The van der Waals surface area contributed by atoms with Gasteiger partial charge in [-0.1, -0.05) is 0 Å². The zero-order chi connectivity index (χ0) is 13.0. The van der Waals surface area contributed by atoms with Gasteiger partial charge in [0, 0.05) is 24.7 Å². The van der Waals surface area contributed by atoms with Crippen molar-refractivity contribution in [1.29, 1.82) is 0 Å². The summed E-state index contributed by atoms with van der Waals surface area (Å²) >= 11 is 0. The first-order valence-corrected chi connectivity index (χ1v) is 6.94. The first kappa shape index (κ1) is 12.7. The summed E-state index contributed by atoms with van der Waals surface area (Å²) in [6.45, 7) is 2.55. The molecule has 1 N–H and O–H groups in total. The van der Waals surface area contributed by atoms with Crippen LogP contribution in [0.4, 0.5) is 13.2 Å². The Hall–Kier alpha value is -0.290. The van der Waals surface area contributed by atoms with Gasteiger partial charge in [0.2, 0.25) is 0 Å². The molecular weight excluding hydrogens is 241 g/mol. The molecule has 1 aliphatic heterocycles. The lowest BCUT2D eigenvalue weighted by Gasteiger charge is -2.49. The van der Waals surface area contributed by atoms with Crippen molar-refractivity contribution in [2.75, 3.05) is 19.6 Å². The van der Waals surface area contributed by atoms with Crippen molar-refractivity contribution < 1.29 is 13.2 Å². The number of hydrogen-bond acceptors (Lipinski definition) is 2. The molecule has 3 fully saturated rings. The summed E-state index contributed by atoms with van der Waals surface area (Å²) in [4.78, 5) is 1.71. The van der Waals surface area contributed by atoms with Crippen molar-refractivity contribution in [1.82, 2.24) is 10.2 Å². The molecule has 18 heavy (non-hydrogen) atoms. The van der Waals surface area contributed by atoms with Crippen molar-refractivity contribution in [2.45, 2.75) is 50.4 Å². The third-order valence-electron chi connectivity index (χ3n) is 4.88. The van der Waals surface area contributed by atoms with Gasteiger partial charge in [-0.15, -0.1) is 0 Å². The Morgan fingerprint density at radius 3 is 2.39 bits per heavy atom. The highest BCUT2D eigenvalue weighted by molar-refractivity contribution is 5.07. The van der Waals surface area contributed by atoms with E-state index in [0.717, 1.165) is 19.4 Å². The van der Waals surface area contributed by atoms with Crippen LogP contribution >= 0.6 is 0 Å². The van der Waals surface area contributed by atoms with Gasteiger partial charge in [-0.25, -0.2) is 0 Å². The van der Waals surface area contributed by atoms with Crippen LogP contribution in [0.3, 0.4) is 0 Å². The van der Waals surface area contributed by atoms with Crippen LogP contribution in [0.2, 0.25) is 0 Å². The lowest BCUT2D eigenvalue weighted by Crippen LogP contribution is -2.66. The van der Waals surface area contributed by atoms with Gasteiger partial charge in [0.25, 0.3) is 0 Å². The van der Waals surface area contributed by atoms with E-state index in [4.69, 9.17) is 0 Å². The molecule has 3 aliphatic rings. The minimum absolute atomic E-state index is 0.277. The molecule has 0 spiro atoms. The van der Waals surface area contributed by atoms with E-state index in [9.17, 15) is 13.2 Å². The number of hydrogen-bond donors (Lipinski definition) is 1. The van der Waals surface area contributed by atoms with Gasteiger partial charge in [-0.05, 0) is 44.4 Å². The van der Waals surface area contributed by atoms with E-state index in [1.165, 1.54) is 12.8 Å². The van der Waals surface area contributed by atoms with Crippen LogP contribution in [-0.2, 0) is 0 Å². The topological polar surface area (TPSA) is 15.3 Å². The highest BCUT2D eigenvalue weighted by Crippen LogP contribution is 2.46. The second-order valence-corrected chi connectivity index (χ2v) is 6.45. The number of halogens is 3. The zero-order valence-corrected chi connectivity index (χ0v) is 10.8. The highest BCUT2D eigenvalue weighted by Gasteiger charge is 2.52. The maximum atomic E-state index is 12.7. The zero-order valence-electron chi connectivity index (χ0n) is 10.8. The van der Waals surface area contributed by atoms with Crippen LogP contribution in [0, 0.1) is 11.8 Å². The van der Waals surface area contributed by atoms with Gasteiger partial charge in [-0.2, -0.15) is 13.2 Å². The molecule has 2 unspecified atom stereocenters. The van der Waals surface area contributed by atoms with Gasteiger partial charge in [-0.3, -0.25) is 4.90 Å². The Morgan fingerprint density at radius 1 is 1.22 bits per heavy atom. The molecule has 5 heteroatoms. The molecule has 0 aromatic heterocycles. The summed E-state index contributed by atoms with van der Waals surface area (Å²) in [6, 6.07) is 0.277. The van der Waals surface area contributed by atoms with Gasteiger partial charge >= 0.3 is 6.18 Å². The molecule has 2 saturated carbocycles. The van der Waals surface area contributed by atoms with Crippen LogP contribution in [0.25, 0.3) is 0 Å². The van der Waals surface area contributed by atoms with E-state index in [0.29, 0.717) is 18.4 Å². The van der Waals surface area contributed by atoms with Crippen LogP contribution in [-0.4, -0.2) is 42.3 Å². The van der Waals surface area contributed by atoms with Crippen molar-refractivity contribution in [3.05, 3.63) is 0 Å². The molecule has 104 valence electrons. The average Bonchev–Trinajstić information content (AvgIpc) is 3.14. The van der Waals surface area contributed by atoms with Gasteiger partial charge in [0.05, 0.1) is 6.54 Å². The predicted molar refractivity (Wildman–Crippen MR) is 63.3 cm³/mol. The maximum absolute atomic E-state index is 12.7. The van der Waals surface area contributed by atoms with E-state index in [1.807, 2.05) is 6.92 Å². The monoisotopic (exact) mass is 262 g/mol. The first-order chi connectivity index (χ1) is 8.38. The van der Waals surface area contributed by atoms with Crippen LogP contribution in [0.1, 0.15) is 32.6 Å². The molecule has 0 aromatic rings. The second kappa shape index (κ2) is 4.10. The van der Waals surface area contributed by atoms with E-state index < -0.39 is 12.7 Å². The number of alkyl halides is 3. The fourth-order valence-corrected chi connectivity index (χ4v) is 3.34. The van der Waals surface area contributed by atoms with E-state index in [-0.39, 0.29) is 11.6 Å². The molecule has 0 bridgehead atoms. The quantitative estimate of drug-likeness (QED) is 0.840. The normalized spacial score (nSPS) is 39.0. The van der Waals surface area contributed by atoms with Crippen molar-refractivity contribution in [2.24, 2.45) is 11.8 Å².